The summed E-state index contributed by atoms with van der Waals surface area (Å²) in [5.41, 5.74) is 4.80. The summed E-state index contributed by atoms with van der Waals surface area (Å²) in [6, 6.07) is 13.0. The van der Waals surface area contributed by atoms with Gasteiger partial charge in [0.25, 0.3) is 0 Å². The lowest BCUT2D eigenvalue weighted by Gasteiger charge is -2.17. The van der Waals surface area contributed by atoms with Crippen molar-refractivity contribution < 1.29 is 17.9 Å². The zero-order chi connectivity index (χ0) is 22.2. The molecule has 2 aromatic carbocycles. The van der Waals surface area contributed by atoms with Crippen LogP contribution in [0.3, 0.4) is 0 Å². The first kappa shape index (κ1) is 20.7. The van der Waals surface area contributed by atoms with Crippen LogP contribution in [-0.4, -0.2) is 22.0 Å². The molecule has 0 aliphatic carbocycles. The predicted molar refractivity (Wildman–Crippen MR) is 113 cm³/mol. The number of pyridine rings is 1. The van der Waals surface area contributed by atoms with Crippen LogP contribution in [-0.2, 0) is 6.18 Å². The number of nitrogens with one attached hydrogen (secondary N) is 1. The number of ether oxygens (including phenoxy) is 1. The van der Waals surface area contributed by atoms with E-state index >= 15 is 0 Å². The summed E-state index contributed by atoms with van der Waals surface area (Å²) in [6.45, 7) is 0. The Morgan fingerprint density at radius 2 is 1.71 bits per heavy atom. The van der Waals surface area contributed by atoms with E-state index in [1.165, 1.54) is 18.2 Å². The van der Waals surface area contributed by atoms with Crippen molar-refractivity contribution in [2.45, 2.75) is 6.18 Å². The Kier molecular flexibility index (Phi) is 5.28. The van der Waals surface area contributed by atoms with E-state index in [0.717, 1.165) is 6.07 Å². The molecule has 31 heavy (non-hydrogen) atoms. The molecule has 0 unspecified atom stereocenters. The first-order chi connectivity index (χ1) is 14.8. The van der Waals surface area contributed by atoms with Crippen LogP contribution in [0.4, 0.5) is 24.9 Å². The van der Waals surface area contributed by atoms with Gasteiger partial charge in [0.05, 0.1) is 22.2 Å². The number of hydrogen-bond donors (Lipinski definition) is 2. The molecule has 0 saturated carbocycles. The van der Waals surface area contributed by atoms with E-state index < -0.39 is 11.7 Å². The van der Waals surface area contributed by atoms with Crippen molar-refractivity contribution in [3.05, 3.63) is 65.2 Å². The fourth-order valence-corrected chi connectivity index (χ4v) is 3.23. The third-order valence-corrected chi connectivity index (χ3v) is 4.70. The van der Waals surface area contributed by atoms with Gasteiger partial charge in [-0.05, 0) is 48.5 Å². The summed E-state index contributed by atoms with van der Waals surface area (Å²) in [5.74, 6) is 0.682. The normalized spacial score (nSPS) is 11.5. The largest absolute Gasteiger partial charge is 0.457 e. The zero-order valence-electron chi connectivity index (χ0n) is 16.0. The van der Waals surface area contributed by atoms with Crippen molar-refractivity contribution in [1.29, 1.82) is 0 Å². The SMILES string of the molecule is CNc1nc(N)nc2nc(-c3c(Oc4ccc(Cl)cc4)cccc3C(F)(F)F)ccc12. The summed E-state index contributed by atoms with van der Waals surface area (Å²) in [4.78, 5) is 12.5. The lowest BCUT2D eigenvalue weighted by Crippen LogP contribution is -2.09. The number of benzene rings is 2. The summed E-state index contributed by atoms with van der Waals surface area (Å²) in [7, 11) is 1.64. The molecular formula is C21H15ClF3N5O. The van der Waals surface area contributed by atoms with E-state index in [1.54, 1.807) is 37.4 Å². The van der Waals surface area contributed by atoms with Crippen LogP contribution in [0, 0.1) is 0 Å². The summed E-state index contributed by atoms with van der Waals surface area (Å²) in [6.07, 6.45) is -4.63. The second-order valence-corrected chi connectivity index (χ2v) is 6.92. The van der Waals surface area contributed by atoms with E-state index in [-0.39, 0.29) is 28.6 Å². The zero-order valence-corrected chi connectivity index (χ0v) is 16.8. The molecule has 0 saturated heterocycles. The fraction of sp³-hybridized carbons (Fsp3) is 0.0952. The smallest absolute Gasteiger partial charge is 0.417 e. The molecule has 0 fully saturated rings. The lowest BCUT2D eigenvalue weighted by atomic mass is 10.0. The highest BCUT2D eigenvalue weighted by Gasteiger charge is 2.35. The molecular weight excluding hydrogens is 431 g/mol. The molecule has 0 atom stereocenters. The van der Waals surface area contributed by atoms with Crippen LogP contribution in [0.1, 0.15) is 5.56 Å². The van der Waals surface area contributed by atoms with E-state index in [4.69, 9.17) is 22.1 Å². The highest BCUT2D eigenvalue weighted by atomic mass is 35.5. The van der Waals surface area contributed by atoms with Crippen LogP contribution in [0.15, 0.2) is 54.6 Å². The maximum atomic E-state index is 13.8. The van der Waals surface area contributed by atoms with E-state index in [2.05, 4.69) is 20.3 Å². The number of halogens is 4. The summed E-state index contributed by atoms with van der Waals surface area (Å²) >= 11 is 5.88. The molecule has 0 aliphatic rings. The van der Waals surface area contributed by atoms with Crippen molar-refractivity contribution in [1.82, 2.24) is 15.0 Å². The van der Waals surface area contributed by atoms with E-state index in [1.807, 2.05) is 0 Å². The molecule has 0 radical (unpaired) electrons. The Labute approximate surface area is 179 Å². The minimum absolute atomic E-state index is 0.0140. The number of nitrogens with zero attached hydrogens (tertiary/aromatic N) is 3. The molecule has 2 aromatic heterocycles. The minimum atomic E-state index is -4.63. The standard InChI is InChI=1S/C21H15ClF3N5O/c1-27-18-13-9-10-15(28-19(13)30-20(26)29-18)17-14(21(23,24)25)3-2-4-16(17)31-12-7-5-11(22)6-8-12/h2-10H,1H3,(H3,26,27,28,29,30). The fourth-order valence-electron chi connectivity index (χ4n) is 3.10. The van der Waals surface area contributed by atoms with Crippen molar-refractivity contribution in [2.75, 3.05) is 18.1 Å². The average Bonchev–Trinajstić information content (AvgIpc) is 2.73. The predicted octanol–water partition coefficient (Wildman–Crippen LogP) is 5.78. The minimum Gasteiger partial charge on any atom is -0.457 e. The number of hydrogen-bond acceptors (Lipinski definition) is 6. The van der Waals surface area contributed by atoms with Crippen molar-refractivity contribution >= 4 is 34.4 Å². The highest BCUT2D eigenvalue weighted by molar-refractivity contribution is 6.30. The Hall–Kier alpha value is -3.59. The molecule has 10 heteroatoms. The van der Waals surface area contributed by atoms with Gasteiger partial charge in [0, 0.05) is 12.1 Å². The van der Waals surface area contributed by atoms with Gasteiger partial charge in [-0.15, -0.1) is 0 Å². The molecule has 6 nitrogen and oxygen atoms in total. The second-order valence-electron chi connectivity index (χ2n) is 6.48. The van der Waals surface area contributed by atoms with Crippen molar-refractivity contribution in [3.63, 3.8) is 0 Å². The number of aromatic nitrogens is 3. The van der Waals surface area contributed by atoms with Gasteiger partial charge >= 0.3 is 6.18 Å². The Bertz CT molecular complexity index is 1260. The van der Waals surface area contributed by atoms with Gasteiger partial charge in [0.15, 0.2) is 5.65 Å². The third-order valence-electron chi connectivity index (χ3n) is 4.44. The molecule has 4 aromatic rings. The number of alkyl halides is 3. The molecule has 0 spiro atoms. The quantitative estimate of drug-likeness (QED) is 0.414. The Morgan fingerprint density at radius 3 is 2.39 bits per heavy atom. The molecule has 0 aliphatic heterocycles. The van der Waals surface area contributed by atoms with Gasteiger partial charge in [-0.25, -0.2) is 4.98 Å². The van der Waals surface area contributed by atoms with Gasteiger partial charge in [-0.1, -0.05) is 17.7 Å². The molecule has 0 amide bonds. The van der Waals surface area contributed by atoms with Crippen LogP contribution < -0.4 is 15.8 Å². The molecule has 158 valence electrons. The second kappa shape index (κ2) is 7.92. The number of fused-ring (bicyclic) bond motifs is 1. The summed E-state index contributed by atoms with van der Waals surface area (Å²) < 4.78 is 47.3. The summed E-state index contributed by atoms with van der Waals surface area (Å²) in [5, 5.41) is 3.86. The monoisotopic (exact) mass is 445 g/mol. The number of anilines is 2. The van der Waals surface area contributed by atoms with Crippen molar-refractivity contribution in [2.24, 2.45) is 0 Å². The molecule has 2 heterocycles. The molecule has 4 rings (SSSR count). The van der Waals surface area contributed by atoms with Crippen LogP contribution >= 0.6 is 11.6 Å². The van der Waals surface area contributed by atoms with Crippen LogP contribution in [0.5, 0.6) is 11.5 Å². The topological polar surface area (TPSA) is 86.0 Å². The van der Waals surface area contributed by atoms with E-state index in [0.29, 0.717) is 22.0 Å². The van der Waals surface area contributed by atoms with Gasteiger partial charge in [0.1, 0.15) is 17.3 Å². The highest BCUT2D eigenvalue weighted by Crippen LogP contribution is 2.43. The maximum Gasteiger partial charge on any atom is 0.417 e. The van der Waals surface area contributed by atoms with Gasteiger partial charge in [-0.3, -0.25) is 0 Å². The van der Waals surface area contributed by atoms with Crippen LogP contribution in [0.2, 0.25) is 5.02 Å². The van der Waals surface area contributed by atoms with Gasteiger partial charge < -0.3 is 15.8 Å². The Balaban J connectivity index is 1.92. The van der Waals surface area contributed by atoms with Gasteiger partial charge in [-0.2, -0.15) is 23.1 Å². The van der Waals surface area contributed by atoms with Gasteiger partial charge in [0.2, 0.25) is 5.95 Å². The van der Waals surface area contributed by atoms with Crippen molar-refractivity contribution in [3.8, 4) is 22.8 Å². The number of nitrogen functional groups attached to an aromatic ring is 1. The first-order valence-corrected chi connectivity index (χ1v) is 9.40. The third kappa shape index (κ3) is 4.17. The molecule has 3 N–H and O–H groups in total. The Morgan fingerprint density at radius 1 is 0.968 bits per heavy atom. The molecule has 0 bridgehead atoms. The maximum absolute atomic E-state index is 13.8. The number of nitrogens with two attached hydrogens (primary N) is 1. The van der Waals surface area contributed by atoms with E-state index in [9.17, 15) is 13.2 Å². The number of rotatable bonds is 4. The van der Waals surface area contributed by atoms with Crippen LogP contribution in [0.25, 0.3) is 22.3 Å². The first-order valence-electron chi connectivity index (χ1n) is 9.02. The lowest BCUT2D eigenvalue weighted by molar-refractivity contribution is -0.137. The average molecular weight is 446 g/mol.